The van der Waals surface area contributed by atoms with Gasteiger partial charge in [0.2, 0.25) is 5.89 Å². The van der Waals surface area contributed by atoms with E-state index in [-0.39, 0.29) is 6.10 Å². The normalized spacial score (nSPS) is 17.6. The van der Waals surface area contributed by atoms with Crippen LogP contribution in [-0.4, -0.2) is 24.2 Å². The van der Waals surface area contributed by atoms with E-state index in [1.807, 2.05) is 6.20 Å². The monoisotopic (exact) mass is 224 g/mol. The van der Waals surface area contributed by atoms with Crippen LogP contribution < -0.4 is 5.32 Å². The summed E-state index contributed by atoms with van der Waals surface area (Å²) in [7, 11) is 1.73. The van der Waals surface area contributed by atoms with Gasteiger partial charge in [-0.2, -0.15) is 0 Å². The molecule has 1 aromatic rings. The lowest BCUT2D eigenvalue weighted by atomic mass is 10.2. The minimum atomic E-state index is 0.276. The molecule has 0 saturated heterocycles. The number of hydrogen-bond donors (Lipinski definition) is 1. The van der Waals surface area contributed by atoms with Gasteiger partial charge in [0.1, 0.15) is 5.76 Å². The predicted octanol–water partition coefficient (Wildman–Crippen LogP) is 1.89. The Balaban J connectivity index is 1.72. The highest BCUT2D eigenvalue weighted by atomic mass is 16.5. The summed E-state index contributed by atoms with van der Waals surface area (Å²) in [6, 6.07) is 0.698. The second-order valence-corrected chi connectivity index (χ2v) is 4.46. The van der Waals surface area contributed by atoms with Crippen LogP contribution in [0.1, 0.15) is 37.8 Å². The fraction of sp³-hybridized carbons (Fsp3) is 0.750. The minimum Gasteiger partial charge on any atom is -0.444 e. The van der Waals surface area contributed by atoms with Crippen LogP contribution in [0.15, 0.2) is 10.6 Å². The van der Waals surface area contributed by atoms with Crippen LogP contribution in [0, 0.1) is 0 Å². The summed E-state index contributed by atoms with van der Waals surface area (Å²) < 4.78 is 10.8. The van der Waals surface area contributed by atoms with Crippen LogP contribution in [0.25, 0.3) is 0 Å². The van der Waals surface area contributed by atoms with Crippen molar-refractivity contribution in [2.75, 3.05) is 7.11 Å². The Morgan fingerprint density at radius 2 is 2.44 bits per heavy atom. The summed E-state index contributed by atoms with van der Waals surface area (Å²) in [5.41, 5.74) is 0. The molecule has 1 aliphatic rings. The van der Waals surface area contributed by atoms with Gasteiger partial charge in [0.25, 0.3) is 0 Å². The quantitative estimate of drug-likeness (QED) is 0.768. The van der Waals surface area contributed by atoms with Crippen molar-refractivity contribution in [2.24, 2.45) is 0 Å². The van der Waals surface area contributed by atoms with Crippen LogP contribution >= 0.6 is 0 Å². The molecule has 1 aliphatic carbocycles. The summed E-state index contributed by atoms with van der Waals surface area (Å²) in [5, 5.41) is 3.38. The summed E-state index contributed by atoms with van der Waals surface area (Å²) in [5.74, 6) is 1.75. The lowest BCUT2D eigenvalue weighted by Crippen LogP contribution is -2.15. The molecular formula is C12H20N2O2. The van der Waals surface area contributed by atoms with Crippen LogP contribution in [-0.2, 0) is 17.7 Å². The Hall–Kier alpha value is -0.870. The Labute approximate surface area is 96.4 Å². The maximum Gasteiger partial charge on any atom is 0.208 e. The van der Waals surface area contributed by atoms with Gasteiger partial charge in [-0.25, -0.2) is 4.98 Å². The zero-order chi connectivity index (χ0) is 11.4. The molecule has 1 saturated carbocycles. The molecule has 16 heavy (non-hydrogen) atoms. The van der Waals surface area contributed by atoms with E-state index < -0.39 is 0 Å². The second-order valence-electron chi connectivity index (χ2n) is 4.46. The molecule has 1 N–H and O–H groups in total. The zero-order valence-corrected chi connectivity index (χ0v) is 10.0. The Morgan fingerprint density at radius 1 is 1.62 bits per heavy atom. The number of aryl methyl sites for hydroxylation is 1. The van der Waals surface area contributed by atoms with Gasteiger partial charge < -0.3 is 14.5 Å². The van der Waals surface area contributed by atoms with Crippen molar-refractivity contribution >= 4 is 0 Å². The third-order valence-corrected chi connectivity index (χ3v) is 2.92. The molecule has 1 heterocycles. The van der Waals surface area contributed by atoms with Crippen molar-refractivity contribution in [1.29, 1.82) is 0 Å². The van der Waals surface area contributed by atoms with E-state index >= 15 is 0 Å². The lowest BCUT2D eigenvalue weighted by Gasteiger charge is -2.06. The molecule has 1 fully saturated rings. The van der Waals surface area contributed by atoms with Crippen molar-refractivity contribution < 1.29 is 9.15 Å². The molecule has 0 radical (unpaired) electrons. The first kappa shape index (κ1) is 11.6. The van der Waals surface area contributed by atoms with Gasteiger partial charge in [-0.05, 0) is 26.2 Å². The van der Waals surface area contributed by atoms with Gasteiger partial charge >= 0.3 is 0 Å². The molecule has 0 aliphatic heterocycles. The number of oxazole rings is 1. The van der Waals surface area contributed by atoms with Crippen molar-refractivity contribution in [2.45, 2.75) is 51.3 Å². The highest BCUT2D eigenvalue weighted by molar-refractivity contribution is 4.95. The molecule has 4 nitrogen and oxygen atoms in total. The second kappa shape index (κ2) is 5.46. The molecule has 0 amide bonds. The minimum absolute atomic E-state index is 0.276. The standard InChI is InChI=1S/C12H20N2O2/c1-9(15-2)3-6-11-7-14-12(16-11)8-13-10-4-5-10/h7,9-10,13H,3-6,8H2,1-2H3. The first-order chi connectivity index (χ1) is 7.78. The first-order valence-corrected chi connectivity index (χ1v) is 5.97. The van der Waals surface area contributed by atoms with E-state index in [4.69, 9.17) is 9.15 Å². The van der Waals surface area contributed by atoms with E-state index in [0.717, 1.165) is 31.0 Å². The Bertz CT molecular complexity index is 321. The van der Waals surface area contributed by atoms with E-state index in [0.29, 0.717) is 6.04 Å². The molecule has 0 bridgehead atoms. The highest BCUT2D eigenvalue weighted by Gasteiger charge is 2.20. The SMILES string of the molecule is COC(C)CCc1cnc(CNC2CC2)o1. The number of rotatable bonds is 7. The van der Waals surface area contributed by atoms with Crippen LogP contribution in [0.5, 0.6) is 0 Å². The zero-order valence-electron chi connectivity index (χ0n) is 10.0. The molecular weight excluding hydrogens is 204 g/mol. The van der Waals surface area contributed by atoms with Gasteiger partial charge in [-0.3, -0.25) is 0 Å². The first-order valence-electron chi connectivity index (χ1n) is 5.97. The third kappa shape index (κ3) is 3.61. The predicted molar refractivity (Wildman–Crippen MR) is 61.2 cm³/mol. The number of ether oxygens (including phenoxy) is 1. The van der Waals surface area contributed by atoms with Gasteiger partial charge in [-0.1, -0.05) is 0 Å². The van der Waals surface area contributed by atoms with E-state index in [9.17, 15) is 0 Å². The highest BCUT2D eigenvalue weighted by Crippen LogP contribution is 2.19. The topological polar surface area (TPSA) is 47.3 Å². The lowest BCUT2D eigenvalue weighted by molar-refractivity contribution is 0.110. The molecule has 1 atom stereocenters. The van der Waals surface area contributed by atoms with Crippen LogP contribution in [0.3, 0.4) is 0 Å². The summed E-state index contributed by atoms with van der Waals surface area (Å²) in [4.78, 5) is 4.25. The van der Waals surface area contributed by atoms with Crippen molar-refractivity contribution in [3.63, 3.8) is 0 Å². The fourth-order valence-corrected chi connectivity index (χ4v) is 1.53. The summed E-state index contributed by atoms with van der Waals surface area (Å²) >= 11 is 0. The summed E-state index contributed by atoms with van der Waals surface area (Å²) in [6.45, 7) is 2.82. The van der Waals surface area contributed by atoms with Crippen molar-refractivity contribution in [3.05, 3.63) is 17.8 Å². The van der Waals surface area contributed by atoms with E-state index in [2.05, 4.69) is 17.2 Å². The van der Waals surface area contributed by atoms with Gasteiger partial charge in [0.05, 0.1) is 18.8 Å². The van der Waals surface area contributed by atoms with Crippen molar-refractivity contribution in [1.82, 2.24) is 10.3 Å². The molecule has 4 heteroatoms. The third-order valence-electron chi connectivity index (χ3n) is 2.92. The maximum atomic E-state index is 5.63. The molecule has 0 spiro atoms. The van der Waals surface area contributed by atoms with Gasteiger partial charge in [0, 0.05) is 19.6 Å². The van der Waals surface area contributed by atoms with Crippen LogP contribution in [0.2, 0.25) is 0 Å². The molecule has 2 rings (SSSR count). The number of nitrogens with zero attached hydrogens (tertiary/aromatic N) is 1. The molecule has 90 valence electrons. The number of aromatic nitrogens is 1. The number of methoxy groups -OCH3 is 1. The summed E-state index contributed by atoms with van der Waals surface area (Å²) in [6.07, 6.45) is 6.55. The van der Waals surface area contributed by atoms with Crippen molar-refractivity contribution in [3.8, 4) is 0 Å². The van der Waals surface area contributed by atoms with E-state index in [1.54, 1.807) is 7.11 Å². The van der Waals surface area contributed by atoms with Gasteiger partial charge in [0.15, 0.2) is 0 Å². The molecule has 0 aromatic carbocycles. The Kier molecular flexibility index (Phi) is 3.96. The Morgan fingerprint density at radius 3 is 3.12 bits per heavy atom. The average molecular weight is 224 g/mol. The molecule has 1 aromatic heterocycles. The van der Waals surface area contributed by atoms with E-state index in [1.165, 1.54) is 12.8 Å². The maximum absolute atomic E-state index is 5.63. The smallest absolute Gasteiger partial charge is 0.208 e. The fourth-order valence-electron chi connectivity index (χ4n) is 1.53. The number of hydrogen-bond acceptors (Lipinski definition) is 4. The average Bonchev–Trinajstić information content (AvgIpc) is 3.02. The molecule has 1 unspecified atom stereocenters. The van der Waals surface area contributed by atoms with Gasteiger partial charge in [-0.15, -0.1) is 0 Å². The van der Waals surface area contributed by atoms with Crippen LogP contribution in [0.4, 0.5) is 0 Å². The largest absolute Gasteiger partial charge is 0.444 e. The number of nitrogens with one attached hydrogen (secondary N) is 1.